The summed E-state index contributed by atoms with van der Waals surface area (Å²) in [6, 6.07) is 2.89. The zero-order chi connectivity index (χ0) is 15.4. The molecule has 5 nitrogen and oxygen atoms in total. The van der Waals surface area contributed by atoms with Crippen LogP contribution in [0.1, 0.15) is 24.2 Å². The van der Waals surface area contributed by atoms with Gasteiger partial charge < -0.3 is 15.7 Å². The fraction of sp³-hybridized carbons (Fsp3) is 0.250. The molecule has 1 aromatic carbocycles. The molecule has 0 spiro atoms. The van der Waals surface area contributed by atoms with Crippen LogP contribution < -0.4 is 10.6 Å². The first-order valence-corrected chi connectivity index (χ1v) is 7.56. The van der Waals surface area contributed by atoms with Crippen LogP contribution in [0.2, 0.25) is 0 Å². The van der Waals surface area contributed by atoms with Crippen molar-refractivity contribution >= 4 is 66.8 Å². The molecule has 1 rings (SSSR count). The maximum absolute atomic E-state index is 11.5. The van der Waals surface area contributed by atoms with E-state index in [1.54, 1.807) is 13.8 Å². The normalized spacial score (nSPS) is 10.2. The van der Waals surface area contributed by atoms with Gasteiger partial charge in [0.05, 0.1) is 11.3 Å². The molecule has 0 bridgehead atoms. The van der Waals surface area contributed by atoms with Crippen molar-refractivity contribution in [2.45, 2.75) is 13.8 Å². The third-order valence-corrected chi connectivity index (χ3v) is 3.74. The molecule has 1 amide bonds. The smallest absolute Gasteiger partial charge is 0.335 e. The van der Waals surface area contributed by atoms with Gasteiger partial charge in [0.15, 0.2) is 5.11 Å². The van der Waals surface area contributed by atoms with Crippen molar-refractivity contribution in [2.75, 3.05) is 5.32 Å². The Morgan fingerprint density at radius 1 is 1.25 bits per heavy atom. The van der Waals surface area contributed by atoms with Crippen molar-refractivity contribution in [1.82, 2.24) is 5.32 Å². The van der Waals surface area contributed by atoms with Gasteiger partial charge >= 0.3 is 5.97 Å². The molecule has 0 atom stereocenters. The predicted octanol–water partition coefficient (Wildman–Crippen LogP) is 3.38. The Morgan fingerprint density at radius 3 is 2.15 bits per heavy atom. The standard InChI is InChI=1S/C12H12Br2N2O3S/c1-5(2)10(17)16-12(20)15-9-7(13)3-6(11(18)19)4-8(9)14/h3-5H,1-2H3,(H,18,19)(H2,15,16,17,20). The van der Waals surface area contributed by atoms with Gasteiger partial charge in [-0.3, -0.25) is 4.79 Å². The molecule has 0 aliphatic rings. The lowest BCUT2D eigenvalue weighted by molar-refractivity contribution is -0.122. The van der Waals surface area contributed by atoms with Gasteiger partial charge in [-0.1, -0.05) is 13.8 Å². The Morgan fingerprint density at radius 2 is 1.75 bits per heavy atom. The zero-order valence-corrected chi connectivity index (χ0v) is 14.6. The number of amides is 1. The van der Waals surface area contributed by atoms with Crippen LogP contribution in [0.15, 0.2) is 21.1 Å². The molecule has 0 unspecified atom stereocenters. The molecule has 0 aliphatic heterocycles. The summed E-state index contributed by atoms with van der Waals surface area (Å²) in [6.45, 7) is 3.51. The second kappa shape index (κ2) is 7.14. The van der Waals surface area contributed by atoms with E-state index >= 15 is 0 Å². The molecule has 0 aliphatic carbocycles. The van der Waals surface area contributed by atoms with E-state index in [9.17, 15) is 9.59 Å². The van der Waals surface area contributed by atoms with Crippen LogP contribution in [-0.4, -0.2) is 22.1 Å². The number of nitrogens with one attached hydrogen (secondary N) is 2. The summed E-state index contributed by atoms with van der Waals surface area (Å²) in [4.78, 5) is 22.4. The molecule has 0 heterocycles. The van der Waals surface area contributed by atoms with Crippen molar-refractivity contribution in [3.05, 3.63) is 26.6 Å². The highest BCUT2D eigenvalue weighted by atomic mass is 79.9. The van der Waals surface area contributed by atoms with Crippen LogP contribution in [0.4, 0.5) is 5.69 Å². The maximum Gasteiger partial charge on any atom is 0.335 e. The van der Waals surface area contributed by atoms with Gasteiger partial charge in [-0.15, -0.1) is 0 Å². The Labute approximate surface area is 138 Å². The lowest BCUT2D eigenvalue weighted by Crippen LogP contribution is -2.36. The molecule has 0 saturated carbocycles. The molecule has 108 valence electrons. The monoisotopic (exact) mass is 422 g/mol. The number of aromatic carboxylic acids is 1. The van der Waals surface area contributed by atoms with Crippen molar-refractivity contribution in [1.29, 1.82) is 0 Å². The number of rotatable bonds is 3. The Bertz CT molecular complexity index is 553. The highest BCUT2D eigenvalue weighted by molar-refractivity contribution is 9.11. The third kappa shape index (κ3) is 4.53. The maximum atomic E-state index is 11.5. The van der Waals surface area contributed by atoms with Crippen molar-refractivity contribution in [3.63, 3.8) is 0 Å². The highest BCUT2D eigenvalue weighted by Crippen LogP contribution is 2.32. The number of thiocarbonyl (C=S) groups is 1. The first kappa shape index (κ1) is 17.1. The SMILES string of the molecule is CC(C)C(=O)NC(=S)Nc1c(Br)cc(C(=O)O)cc1Br. The number of carbonyl (C=O) groups excluding carboxylic acids is 1. The van der Waals surface area contributed by atoms with Gasteiger partial charge in [0.1, 0.15) is 0 Å². The summed E-state index contributed by atoms with van der Waals surface area (Å²) in [6.07, 6.45) is 0. The minimum atomic E-state index is -1.03. The van der Waals surface area contributed by atoms with Crippen LogP contribution >= 0.6 is 44.1 Å². The number of benzene rings is 1. The summed E-state index contributed by atoms with van der Waals surface area (Å²) in [7, 11) is 0. The molecule has 3 N–H and O–H groups in total. The lowest BCUT2D eigenvalue weighted by Gasteiger charge is -2.14. The van der Waals surface area contributed by atoms with E-state index < -0.39 is 5.97 Å². The number of hydrogen-bond donors (Lipinski definition) is 3. The van der Waals surface area contributed by atoms with Gasteiger partial charge in [-0.05, 0) is 56.2 Å². The average molecular weight is 424 g/mol. The van der Waals surface area contributed by atoms with E-state index in [2.05, 4.69) is 42.5 Å². The zero-order valence-electron chi connectivity index (χ0n) is 10.7. The molecule has 1 aromatic rings. The number of carbonyl (C=O) groups is 2. The van der Waals surface area contributed by atoms with Gasteiger partial charge in [-0.25, -0.2) is 4.79 Å². The number of carboxylic acids is 1. The lowest BCUT2D eigenvalue weighted by atomic mass is 10.2. The molecule has 0 aromatic heterocycles. The minimum Gasteiger partial charge on any atom is -0.478 e. The number of hydrogen-bond acceptors (Lipinski definition) is 3. The van der Waals surface area contributed by atoms with E-state index in [-0.39, 0.29) is 22.5 Å². The van der Waals surface area contributed by atoms with E-state index in [1.165, 1.54) is 12.1 Å². The largest absolute Gasteiger partial charge is 0.478 e. The van der Waals surface area contributed by atoms with Crippen molar-refractivity contribution in [3.8, 4) is 0 Å². The number of halogens is 2. The fourth-order valence-corrected chi connectivity index (χ4v) is 2.80. The van der Waals surface area contributed by atoms with E-state index in [1.807, 2.05) is 0 Å². The van der Waals surface area contributed by atoms with Gasteiger partial charge in [0.2, 0.25) is 5.91 Å². The van der Waals surface area contributed by atoms with Crippen LogP contribution in [-0.2, 0) is 4.79 Å². The number of anilines is 1. The summed E-state index contributed by atoms with van der Waals surface area (Å²) < 4.78 is 1.04. The predicted molar refractivity (Wildman–Crippen MR) is 88.0 cm³/mol. The van der Waals surface area contributed by atoms with Crippen LogP contribution in [0, 0.1) is 5.92 Å². The van der Waals surface area contributed by atoms with Gasteiger partial charge in [-0.2, -0.15) is 0 Å². The average Bonchev–Trinajstić information content (AvgIpc) is 2.33. The topological polar surface area (TPSA) is 78.4 Å². The molecule has 0 fully saturated rings. The summed E-state index contributed by atoms with van der Waals surface area (Å²) in [5, 5.41) is 14.5. The van der Waals surface area contributed by atoms with Crippen LogP contribution in [0.3, 0.4) is 0 Å². The van der Waals surface area contributed by atoms with Crippen LogP contribution in [0.25, 0.3) is 0 Å². The number of carboxylic acid groups (broad SMARTS) is 1. The summed E-state index contributed by atoms with van der Waals surface area (Å²) in [5.41, 5.74) is 0.676. The Balaban J connectivity index is 2.91. The van der Waals surface area contributed by atoms with Gasteiger partial charge in [0.25, 0.3) is 0 Å². The fourth-order valence-electron chi connectivity index (χ4n) is 1.22. The molecule has 8 heteroatoms. The second-order valence-corrected chi connectivity index (χ2v) is 6.34. The van der Waals surface area contributed by atoms with E-state index in [0.29, 0.717) is 14.6 Å². The minimum absolute atomic E-state index is 0.131. The quantitative estimate of drug-likeness (QED) is 0.649. The summed E-state index contributed by atoms with van der Waals surface area (Å²) in [5.74, 6) is -1.42. The first-order valence-electron chi connectivity index (χ1n) is 5.56. The Kier molecular flexibility index (Phi) is 6.09. The molecular formula is C12H12Br2N2O3S. The Hall–Kier alpha value is -0.990. The molecule has 20 heavy (non-hydrogen) atoms. The first-order chi connectivity index (χ1) is 9.22. The second-order valence-electron chi connectivity index (χ2n) is 4.22. The van der Waals surface area contributed by atoms with Gasteiger partial charge in [0, 0.05) is 14.9 Å². The van der Waals surface area contributed by atoms with Crippen molar-refractivity contribution in [2.24, 2.45) is 5.92 Å². The van der Waals surface area contributed by atoms with Crippen molar-refractivity contribution < 1.29 is 14.7 Å². The molecule has 0 saturated heterocycles. The van der Waals surface area contributed by atoms with E-state index in [0.717, 1.165) is 0 Å². The van der Waals surface area contributed by atoms with Crippen LogP contribution in [0.5, 0.6) is 0 Å². The van der Waals surface area contributed by atoms with E-state index in [4.69, 9.17) is 17.3 Å². The highest BCUT2D eigenvalue weighted by Gasteiger charge is 2.14. The molecular weight excluding hydrogens is 412 g/mol. The third-order valence-electron chi connectivity index (χ3n) is 2.29. The molecule has 0 radical (unpaired) electrons. The summed E-state index contributed by atoms with van der Waals surface area (Å²) >= 11 is 11.6.